The summed E-state index contributed by atoms with van der Waals surface area (Å²) >= 11 is 1.72. The largest absolute Gasteiger partial charge is 0.337 e. The molecule has 4 nitrogen and oxygen atoms in total. The molecule has 0 saturated heterocycles. The number of likely N-dealkylation sites (N-methyl/N-ethyl adjacent to an activating group) is 1. The van der Waals surface area contributed by atoms with Gasteiger partial charge in [-0.05, 0) is 35.9 Å². The molecular formula is C14H22N4S. The number of nitrogens with two attached hydrogens (primary N) is 1. The molecule has 0 aliphatic heterocycles. The highest BCUT2D eigenvalue weighted by molar-refractivity contribution is 7.07. The maximum atomic E-state index is 6.31. The van der Waals surface area contributed by atoms with Crippen molar-refractivity contribution in [2.75, 3.05) is 7.05 Å². The average molecular weight is 278 g/mol. The maximum absolute atomic E-state index is 6.31. The van der Waals surface area contributed by atoms with Crippen LogP contribution in [0.15, 0.2) is 29.2 Å². The van der Waals surface area contributed by atoms with Crippen LogP contribution >= 0.6 is 11.3 Å². The molecule has 104 valence electrons. The molecule has 2 aromatic heterocycles. The Bertz CT molecular complexity index is 491. The highest BCUT2D eigenvalue weighted by Crippen LogP contribution is 2.26. The molecule has 0 aromatic carbocycles. The number of rotatable bonds is 6. The fourth-order valence-electron chi connectivity index (χ4n) is 2.37. The van der Waals surface area contributed by atoms with Crippen molar-refractivity contribution < 1.29 is 0 Å². The fourth-order valence-corrected chi connectivity index (χ4v) is 3.05. The second-order valence-corrected chi connectivity index (χ2v) is 5.72. The van der Waals surface area contributed by atoms with Crippen molar-refractivity contribution in [1.82, 2.24) is 14.5 Å². The van der Waals surface area contributed by atoms with Crippen LogP contribution in [0.25, 0.3) is 0 Å². The van der Waals surface area contributed by atoms with E-state index in [4.69, 9.17) is 5.73 Å². The molecule has 5 heteroatoms. The Kier molecular flexibility index (Phi) is 4.74. The van der Waals surface area contributed by atoms with Crippen LogP contribution in [0.5, 0.6) is 0 Å². The second kappa shape index (κ2) is 6.32. The first kappa shape index (κ1) is 14.2. The molecule has 0 bridgehead atoms. The summed E-state index contributed by atoms with van der Waals surface area (Å²) in [6.45, 7) is 2.94. The summed E-state index contributed by atoms with van der Waals surface area (Å²) in [5, 5.41) is 4.30. The Balaban J connectivity index is 2.17. The van der Waals surface area contributed by atoms with Crippen molar-refractivity contribution in [2.24, 2.45) is 12.8 Å². The van der Waals surface area contributed by atoms with Gasteiger partial charge in [0.1, 0.15) is 5.82 Å². The third-order valence-electron chi connectivity index (χ3n) is 3.55. The minimum atomic E-state index is 0.139. The van der Waals surface area contributed by atoms with Crippen LogP contribution in [0.2, 0.25) is 0 Å². The molecule has 2 N–H and O–H groups in total. The van der Waals surface area contributed by atoms with Gasteiger partial charge in [0.25, 0.3) is 0 Å². The van der Waals surface area contributed by atoms with Crippen LogP contribution in [-0.4, -0.2) is 27.5 Å². The van der Waals surface area contributed by atoms with E-state index < -0.39 is 0 Å². The fraction of sp³-hybridized carbons (Fsp3) is 0.500. The van der Waals surface area contributed by atoms with Crippen molar-refractivity contribution in [2.45, 2.75) is 32.0 Å². The van der Waals surface area contributed by atoms with E-state index in [1.807, 2.05) is 19.4 Å². The number of nitrogens with zero attached hydrogens (tertiary/aromatic N) is 3. The molecule has 19 heavy (non-hydrogen) atoms. The van der Waals surface area contributed by atoms with E-state index in [2.05, 4.69) is 45.2 Å². The topological polar surface area (TPSA) is 47.1 Å². The van der Waals surface area contributed by atoms with Gasteiger partial charge < -0.3 is 10.3 Å². The second-order valence-electron chi connectivity index (χ2n) is 4.94. The smallest absolute Gasteiger partial charge is 0.122 e. The van der Waals surface area contributed by atoms with Crippen LogP contribution < -0.4 is 5.73 Å². The lowest BCUT2D eigenvalue weighted by molar-refractivity contribution is 0.196. The van der Waals surface area contributed by atoms with Crippen molar-refractivity contribution in [3.8, 4) is 0 Å². The third kappa shape index (κ3) is 3.23. The summed E-state index contributed by atoms with van der Waals surface area (Å²) in [5.74, 6) is 1.06. The van der Waals surface area contributed by atoms with Gasteiger partial charge in [0, 0.05) is 25.5 Å². The van der Waals surface area contributed by atoms with Crippen LogP contribution in [0.1, 0.15) is 30.8 Å². The zero-order valence-corrected chi connectivity index (χ0v) is 12.6. The van der Waals surface area contributed by atoms with Crippen molar-refractivity contribution in [3.63, 3.8) is 0 Å². The quantitative estimate of drug-likeness (QED) is 0.882. The standard InChI is InChI=1S/C14H22N4S/c1-4-12(15)14(11-5-8-19-10-11)18(3)9-13-16-6-7-17(13)2/h5-8,10,12,14H,4,9,15H2,1-3H3. The van der Waals surface area contributed by atoms with E-state index in [0.29, 0.717) is 0 Å². The van der Waals surface area contributed by atoms with Crippen LogP contribution in [0, 0.1) is 0 Å². The van der Waals surface area contributed by atoms with Gasteiger partial charge in [-0.3, -0.25) is 4.90 Å². The Morgan fingerprint density at radius 1 is 1.53 bits per heavy atom. The molecule has 2 unspecified atom stereocenters. The highest BCUT2D eigenvalue weighted by Gasteiger charge is 2.24. The molecule has 2 heterocycles. The lowest BCUT2D eigenvalue weighted by Gasteiger charge is -2.31. The number of hydrogen-bond donors (Lipinski definition) is 1. The first-order valence-corrected chi connectivity index (χ1v) is 7.51. The first-order valence-electron chi connectivity index (χ1n) is 6.57. The van der Waals surface area contributed by atoms with Crippen LogP contribution in [-0.2, 0) is 13.6 Å². The summed E-state index contributed by atoms with van der Waals surface area (Å²) in [6, 6.07) is 2.55. The van der Waals surface area contributed by atoms with E-state index in [1.54, 1.807) is 11.3 Å². The minimum absolute atomic E-state index is 0.139. The predicted octanol–water partition coefficient (Wildman–Crippen LogP) is 2.39. The zero-order valence-electron chi connectivity index (χ0n) is 11.8. The van der Waals surface area contributed by atoms with Crippen molar-refractivity contribution in [1.29, 1.82) is 0 Å². The Hall–Kier alpha value is -1.17. The van der Waals surface area contributed by atoms with Gasteiger partial charge in [-0.15, -0.1) is 0 Å². The molecule has 0 fully saturated rings. The summed E-state index contributed by atoms with van der Waals surface area (Å²) in [5.41, 5.74) is 7.61. The van der Waals surface area contributed by atoms with Crippen molar-refractivity contribution >= 4 is 11.3 Å². The summed E-state index contributed by atoms with van der Waals surface area (Å²) in [4.78, 5) is 6.68. The third-order valence-corrected chi connectivity index (χ3v) is 4.25. The molecule has 2 rings (SSSR count). The molecule has 0 radical (unpaired) electrons. The Morgan fingerprint density at radius 2 is 2.32 bits per heavy atom. The summed E-state index contributed by atoms with van der Waals surface area (Å²) in [6.07, 6.45) is 4.77. The molecule has 0 aliphatic rings. The van der Waals surface area contributed by atoms with Gasteiger partial charge in [0.05, 0.1) is 12.6 Å². The van der Waals surface area contributed by atoms with E-state index in [0.717, 1.165) is 18.8 Å². The Morgan fingerprint density at radius 3 is 2.84 bits per heavy atom. The average Bonchev–Trinajstić information content (AvgIpc) is 3.03. The number of hydrogen-bond acceptors (Lipinski definition) is 4. The summed E-state index contributed by atoms with van der Waals surface area (Å²) in [7, 11) is 4.14. The van der Waals surface area contributed by atoms with Crippen LogP contribution in [0.3, 0.4) is 0 Å². The molecule has 0 amide bonds. The monoisotopic (exact) mass is 278 g/mol. The lowest BCUT2D eigenvalue weighted by Crippen LogP contribution is -2.38. The minimum Gasteiger partial charge on any atom is -0.337 e. The van der Waals surface area contributed by atoms with E-state index in [1.165, 1.54) is 5.56 Å². The predicted molar refractivity (Wildman–Crippen MR) is 80.0 cm³/mol. The molecular weight excluding hydrogens is 256 g/mol. The van der Waals surface area contributed by atoms with Gasteiger partial charge in [-0.1, -0.05) is 6.92 Å². The Labute approximate surface area is 118 Å². The van der Waals surface area contributed by atoms with E-state index in [9.17, 15) is 0 Å². The number of aryl methyl sites for hydroxylation is 1. The number of aromatic nitrogens is 2. The van der Waals surface area contributed by atoms with Gasteiger partial charge >= 0.3 is 0 Å². The molecule has 0 aliphatic carbocycles. The molecule has 0 spiro atoms. The number of imidazole rings is 1. The van der Waals surface area contributed by atoms with Gasteiger partial charge in [0.2, 0.25) is 0 Å². The maximum Gasteiger partial charge on any atom is 0.122 e. The lowest BCUT2D eigenvalue weighted by atomic mass is 9.99. The van der Waals surface area contributed by atoms with Gasteiger partial charge in [0.15, 0.2) is 0 Å². The van der Waals surface area contributed by atoms with Crippen molar-refractivity contribution in [3.05, 3.63) is 40.6 Å². The molecule has 2 aromatic rings. The van der Waals surface area contributed by atoms with E-state index >= 15 is 0 Å². The van der Waals surface area contributed by atoms with E-state index in [-0.39, 0.29) is 12.1 Å². The SMILES string of the molecule is CCC(N)C(c1ccsc1)N(C)Cc1nccn1C. The summed E-state index contributed by atoms with van der Waals surface area (Å²) < 4.78 is 2.05. The first-order chi connectivity index (χ1) is 9.13. The molecule has 0 saturated carbocycles. The molecule has 2 atom stereocenters. The highest BCUT2D eigenvalue weighted by atomic mass is 32.1. The van der Waals surface area contributed by atoms with Gasteiger partial charge in [-0.2, -0.15) is 11.3 Å². The normalized spacial score (nSPS) is 14.8. The number of thiophene rings is 1. The van der Waals surface area contributed by atoms with Crippen LogP contribution in [0.4, 0.5) is 0 Å². The van der Waals surface area contributed by atoms with Gasteiger partial charge in [-0.25, -0.2) is 4.98 Å². The zero-order chi connectivity index (χ0) is 13.8.